The Kier molecular flexibility index (Phi) is 2.70. The molecule has 0 aromatic carbocycles. The van der Waals surface area contributed by atoms with Crippen LogP contribution in [0.25, 0.3) is 0 Å². The van der Waals surface area contributed by atoms with Gasteiger partial charge in [-0.05, 0) is 13.8 Å². The molecule has 4 heteroatoms. The fourth-order valence-electron chi connectivity index (χ4n) is 1.02. The summed E-state index contributed by atoms with van der Waals surface area (Å²) in [5.74, 6) is 0.510. The van der Waals surface area contributed by atoms with Crippen molar-refractivity contribution in [2.24, 2.45) is 7.05 Å². The van der Waals surface area contributed by atoms with Crippen molar-refractivity contribution >= 4 is 5.82 Å². The molecular weight excluding hydrogens is 166 g/mol. The molecule has 1 rings (SSSR count). The van der Waals surface area contributed by atoms with Crippen molar-refractivity contribution in [3.63, 3.8) is 0 Å². The molecule has 13 heavy (non-hydrogen) atoms. The molecule has 0 aliphatic rings. The van der Waals surface area contributed by atoms with Gasteiger partial charge in [-0.15, -0.1) is 0 Å². The molecule has 72 valence electrons. The molecule has 0 spiro atoms. The van der Waals surface area contributed by atoms with Crippen molar-refractivity contribution in [2.45, 2.75) is 13.8 Å². The summed E-state index contributed by atoms with van der Waals surface area (Å²) in [4.78, 5) is 17.6. The van der Waals surface area contributed by atoms with Gasteiger partial charge in [0.2, 0.25) is 0 Å². The van der Waals surface area contributed by atoms with Gasteiger partial charge in [-0.25, -0.2) is 4.98 Å². The van der Waals surface area contributed by atoms with Gasteiger partial charge in [-0.3, -0.25) is 4.79 Å². The molecule has 0 amide bonds. The quantitative estimate of drug-likeness (QED) is 0.668. The maximum Gasteiger partial charge on any atom is 0.293 e. The molecule has 0 saturated heterocycles. The molecule has 0 bridgehead atoms. The maximum absolute atomic E-state index is 11.6. The predicted octanol–water partition coefficient (Wildman–Crippen LogP) is 0.545. The summed E-state index contributed by atoms with van der Waals surface area (Å²) >= 11 is 0. The highest BCUT2D eigenvalue weighted by molar-refractivity contribution is 5.34. The first-order valence-corrected chi connectivity index (χ1v) is 4.31. The van der Waals surface area contributed by atoms with E-state index in [1.807, 2.05) is 25.8 Å². The minimum absolute atomic E-state index is 0.0376. The van der Waals surface area contributed by atoms with Crippen LogP contribution in [0.2, 0.25) is 0 Å². The minimum atomic E-state index is -0.0376. The first-order valence-electron chi connectivity index (χ1n) is 4.31. The first kappa shape index (κ1) is 9.77. The second-order valence-corrected chi connectivity index (χ2v) is 3.10. The fourth-order valence-corrected chi connectivity index (χ4v) is 1.02. The van der Waals surface area contributed by atoms with Crippen LogP contribution in [-0.4, -0.2) is 23.1 Å². The Bertz CT molecular complexity index is 356. The van der Waals surface area contributed by atoms with Crippen molar-refractivity contribution in [3.8, 4) is 0 Å². The van der Waals surface area contributed by atoms with Gasteiger partial charge in [0.15, 0.2) is 5.82 Å². The normalized spacial score (nSPS) is 10.2. The molecule has 0 atom stereocenters. The van der Waals surface area contributed by atoms with E-state index in [9.17, 15) is 4.79 Å². The summed E-state index contributed by atoms with van der Waals surface area (Å²) < 4.78 is 1.61. The number of hydrogen-bond acceptors (Lipinski definition) is 3. The van der Waals surface area contributed by atoms with E-state index in [2.05, 4.69) is 4.98 Å². The van der Waals surface area contributed by atoms with Crippen molar-refractivity contribution < 1.29 is 0 Å². The van der Waals surface area contributed by atoms with Gasteiger partial charge < -0.3 is 9.47 Å². The van der Waals surface area contributed by atoms with E-state index in [0.29, 0.717) is 5.82 Å². The van der Waals surface area contributed by atoms with Crippen LogP contribution in [0.5, 0.6) is 0 Å². The lowest BCUT2D eigenvalue weighted by molar-refractivity contribution is 0.780. The molecule has 4 nitrogen and oxygen atoms in total. The lowest BCUT2D eigenvalue weighted by atomic mass is 10.4. The number of hydrogen-bond donors (Lipinski definition) is 0. The van der Waals surface area contributed by atoms with Gasteiger partial charge in [0.1, 0.15) is 0 Å². The summed E-state index contributed by atoms with van der Waals surface area (Å²) in [6, 6.07) is 0. The van der Waals surface area contributed by atoms with Crippen LogP contribution in [0.3, 0.4) is 0 Å². The summed E-state index contributed by atoms with van der Waals surface area (Å²) in [7, 11) is 3.62. The largest absolute Gasteiger partial charge is 0.355 e. The molecule has 0 aliphatic carbocycles. The summed E-state index contributed by atoms with van der Waals surface area (Å²) in [5.41, 5.74) is 0.836. The zero-order valence-corrected chi connectivity index (χ0v) is 8.53. The highest BCUT2D eigenvalue weighted by atomic mass is 16.1. The van der Waals surface area contributed by atoms with E-state index in [1.165, 1.54) is 0 Å². The Morgan fingerprint density at radius 2 is 2.23 bits per heavy atom. The minimum Gasteiger partial charge on any atom is -0.355 e. The third-order valence-corrected chi connectivity index (χ3v) is 2.23. The zero-order chi connectivity index (χ0) is 10.0. The molecule has 0 fully saturated rings. The monoisotopic (exact) mass is 181 g/mol. The third-order valence-electron chi connectivity index (χ3n) is 2.23. The van der Waals surface area contributed by atoms with Crippen LogP contribution < -0.4 is 10.5 Å². The Hall–Kier alpha value is -1.32. The summed E-state index contributed by atoms with van der Waals surface area (Å²) in [6.45, 7) is 4.64. The van der Waals surface area contributed by atoms with Crippen molar-refractivity contribution in [3.05, 3.63) is 22.2 Å². The van der Waals surface area contributed by atoms with Crippen LogP contribution in [0.1, 0.15) is 12.6 Å². The van der Waals surface area contributed by atoms with Gasteiger partial charge in [-0.2, -0.15) is 0 Å². The van der Waals surface area contributed by atoms with Gasteiger partial charge in [0, 0.05) is 32.5 Å². The molecule has 1 heterocycles. The highest BCUT2D eigenvalue weighted by Gasteiger charge is 2.07. The average Bonchev–Trinajstić information content (AvgIpc) is 2.13. The second-order valence-electron chi connectivity index (χ2n) is 3.10. The number of aromatic nitrogens is 2. The zero-order valence-electron chi connectivity index (χ0n) is 8.53. The molecule has 0 unspecified atom stereocenters. The van der Waals surface area contributed by atoms with E-state index in [1.54, 1.807) is 17.8 Å². The standard InChI is InChI=1S/C9H15N3O/c1-5-11(3)8-9(13)12(4)7(2)6-10-8/h6H,5H2,1-4H3. The SMILES string of the molecule is CCN(C)c1ncc(C)n(C)c1=O. The number of rotatable bonds is 2. The highest BCUT2D eigenvalue weighted by Crippen LogP contribution is 2.00. The molecule has 1 aromatic heterocycles. The van der Waals surface area contributed by atoms with Crippen LogP contribution >= 0.6 is 0 Å². The van der Waals surface area contributed by atoms with E-state index in [-0.39, 0.29) is 5.56 Å². The van der Waals surface area contributed by atoms with Crippen LogP contribution in [-0.2, 0) is 7.05 Å². The Morgan fingerprint density at radius 1 is 1.62 bits per heavy atom. The second kappa shape index (κ2) is 3.60. The van der Waals surface area contributed by atoms with Gasteiger partial charge in [0.25, 0.3) is 5.56 Å². The lowest BCUT2D eigenvalue weighted by Crippen LogP contribution is -2.30. The first-order chi connectivity index (χ1) is 6.07. The summed E-state index contributed by atoms with van der Waals surface area (Å²) in [6.07, 6.45) is 1.71. The molecular formula is C9H15N3O. The Morgan fingerprint density at radius 3 is 2.77 bits per heavy atom. The van der Waals surface area contributed by atoms with Gasteiger partial charge >= 0.3 is 0 Å². The number of anilines is 1. The van der Waals surface area contributed by atoms with E-state index in [0.717, 1.165) is 12.2 Å². The molecule has 0 radical (unpaired) electrons. The molecule has 0 saturated carbocycles. The summed E-state index contributed by atoms with van der Waals surface area (Å²) in [5, 5.41) is 0. The average molecular weight is 181 g/mol. The third kappa shape index (κ3) is 1.71. The van der Waals surface area contributed by atoms with Crippen LogP contribution in [0.4, 0.5) is 5.82 Å². The topological polar surface area (TPSA) is 38.1 Å². The fraction of sp³-hybridized carbons (Fsp3) is 0.556. The van der Waals surface area contributed by atoms with Gasteiger partial charge in [0.05, 0.1) is 0 Å². The van der Waals surface area contributed by atoms with Crippen LogP contribution in [0, 0.1) is 6.92 Å². The lowest BCUT2D eigenvalue weighted by Gasteiger charge is -2.15. The van der Waals surface area contributed by atoms with Gasteiger partial charge in [-0.1, -0.05) is 0 Å². The molecule has 1 aromatic rings. The van der Waals surface area contributed by atoms with E-state index in [4.69, 9.17) is 0 Å². The Balaban J connectivity index is 3.26. The van der Waals surface area contributed by atoms with Crippen molar-refractivity contribution in [1.82, 2.24) is 9.55 Å². The molecule has 0 aliphatic heterocycles. The molecule has 0 N–H and O–H groups in total. The van der Waals surface area contributed by atoms with E-state index >= 15 is 0 Å². The Labute approximate surface area is 77.8 Å². The van der Waals surface area contributed by atoms with Crippen LogP contribution in [0.15, 0.2) is 11.0 Å². The smallest absolute Gasteiger partial charge is 0.293 e. The number of aryl methyl sites for hydroxylation is 1. The van der Waals surface area contributed by atoms with Crippen molar-refractivity contribution in [1.29, 1.82) is 0 Å². The van der Waals surface area contributed by atoms with Crippen molar-refractivity contribution in [2.75, 3.05) is 18.5 Å². The predicted molar refractivity (Wildman–Crippen MR) is 53.2 cm³/mol. The number of nitrogens with zero attached hydrogens (tertiary/aromatic N) is 3. The maximum atomic E-state index is 11.6. The van der Waals surface area contributed by atoms with E-state index < -0.39 is 0 Å².